The lowest BCUT2D eigenvalue weighted by atomic mass is 10.1. The van der Waals surface area contributed by atoms with E-state index in [4.69, 9.17) is 23.4 Å². The van der Waals surface area contributed by atoms with Crippen molar-refractivity contribution in [2.75, 3.05) is 13.2 Å². The van der Waals surface area contributed by atoms with Crippen LogP contribution in [0.5, 0.6) is 11.5 Å². The highest BCUT2D eigenvalue weighted by Gasteiger charge is 2.20. The van der Waals surface area contributed by atoms with Gasteiger partial charge in [-0.05, 0) is 51.8 Å². The molecule has 1 atom stereocenters. The first-order valence-corrected chi connectivity index (χ1v) is 11.9. The average molecular weight is 517 g/mol. The average Bonchev–Trinajstić information content (AvgIpc) is 3.40. The molecule has 0 amide bonds. The summed E-state index contributed by atoms with van der Waals surface area (Å²) in [5, 5.41) is 0.913. The van der Waals surface area contributed by atoms with E-state index < -0.39 is 5.60 Å². The zero-order valence-electron chi connectivity index (χ0n) is 19.2. The van der Waals surface area contributed by atoms with Crippen LogP contribution in [0.3, 0.4) is 0 Å². The van der Waals surface area contributed by atoms with Gasteiger partial charge in [0.2, 0.25) is 0 Å². The van der Waals surface area contributed by atoms with E-state index in [9.17, 15) is 4.79 Å². The molecule has 176 valence electrons. The molecule has 1 aliphatic rings. The molecule has 0 unspecified atom stereocenters. The van der Waals surface area contributed by atoms with Gasteiger partial charge in [-0.1, -0.05) is 34.1 Å². The minimum absolute atomic E-state index is 0.123. The highest BCUT2D eigenvalue weighted by atomic mass is 79.9. The Hall–Kier alpha value is -2.51. The van der Waals surface area contributed by atoms with Gasteiger partial charge in [0.25, 0.3) is 0 Å². The smallest absolute Gasteiger partial charge is 0.310 e. The maximum atomic E-state index is 12.3. The van der Waals surface area contributed by atoms with Crippen LogP contribution in [0.2, 0.25) is 0 Å². The maximum Gasteiger partial charge on any atom is 0.310 e. The van der Waals surface area contributed by atoms with Crippen molar-refractivity contribution in [3.05, 3.63) is 58.3 Å². The Morgan fingerprint density at radius 2 is 1.94 bits per heavy atom. The standard InChI is InChI=1S/C26H29BrO6/c1-26(2,3)33-24(28)11-17-7-4-5-9-22(17)30-14-18-15-32-25-21(18)12-19(27)13-23(25)31-16-20-8-6-10-29-20/h4-5,7,9,12-13,15,20H,6,8,10-11,14,16H2,1-3H3/t20-/m1/s1. The molecule has 0 saturated carbocycles. The predicted molar refractivity (Wildman–Crippen MR) is 129 cm³/mol. The predicted octanol–water partition coefficient (Wildman–Crippen LogP) is 6.22. The Morgan fingerprint density at radius 1 is 1.12 bits per heavy atom. The SMILES string of the molecule is CC(C)(C)OC(=O)Cc1ccccc1OCc1coc2c(OC[C@H]3CCCO3)cc(Br)cc12. The van der Waals surface area contributed by atoms with Crippen molar-refractivity contribution >= 4 is 32.9 Å². The van der Waals surface area contributed by atoms with E-state index in [1.165, 1.54) is 0 Å². The molecule has 7 heteroatoms. The summed E-state index contributed by atoms with van der Waals surface area (Å²) in [5.41, 5.74) is 1.82. The Labute approximate surface area is 202 Å². The zero-order chi connectivity index (χ0) is 23.4. The number of hydrogen-bond acceptors (Lipinski definition) is 6. The number of para-hydroxylation sites is 1. The number of benzene rings is 2. The van der Waals surface area contributed by atoms with E-state index in [-0.39, 0.29) is 18.5 Å². The summed E-state index contributed by atoms with van der Waals surface area (Å²) in [6.45, 7) is 7.15. The molecule has 0 radical (unpaired) electrons. The molecule has 2 aromatic carbocycles. The summed E-state index contributed by atoms with van der Waals surface area (Å²) in [5.74, 6) is 1.03. The second kappa shape index (κ2) is 10.2. The molecule has 0 N–H and O–H groups in total. The van der Waals surface area contributed by atoms with Gasteiger partial charge in [0.1, 0.15) is 24.6 Å². The summed E-state index contributed by atoms with van der Waals surface area (Å²) in [6, 6.07) is 11.4. The fourth-order valence-corrected chi connectivity index (χ4v) is 4.22. The number of rotatable bonds is 8. The Bertz CT molecular complexity index is 1110. The molecule has 1 fully saturated rings. The van der Waals surface area contributed by atoms with Crippen molar-refractivity contribution in [3.63, 3.8) is 0 Å². The molecule has 33 heavy (non-hydrogen) atoms. The molecule has 0 spiro atoms. The molecule has 0 aliphatic carbocycles. The molecule has 1 saturated heterocycles. The largest absolute Gasteiger partial charge is 0.488 e. The number of carbonyl (C=O) groups excluding carboxylic acids is 1. The fourth-order valence-electron chi connectivity index (χ4n) is 3.78. The molecular weight excluding hydrogens is 488 g/mol. The van der Waals surface area contributed by atoms with Gasteiger partial charge in [0.05, 0.1) is 18.8 Å². The zero-order valence-corrected chi connectivity index (χ0v) is 20.8. The monoisotopic (exact) mass is 516 g/mol. The van der Waals surface area contributed by atoms with Crippen LogP contribution >= 0.6 is 15.9 Å². The van der Waals surface area contributed by atoms with Crippen LogP contribution in [0.25, 0.3) is 11.0 Å². The summed E-state index contributed by atoms with van der Waals surface area (Å²) in [6.07, 6.45) is 4.04. The third-order valence-electron chi connectivity index (χ3n) is 5.24. The summed E-state index contributed by atoms with van der Waals surface area (Å²) in [7, 11) is 0. The lowest BCUT2D eigenvalue weighted by Crippen LogP contribution is -2.25. The van der Waals surface area contributed by atoms with Gasteiger partial charge in [0, 0.05) is 27.6 Å². The first kappa shape index (κ1) is 23.6. The second-order valence-corrected chi connectivity index (χ2v) is 10.1. The molecule has 0 bridgehead atoms. The number of carbonyl (C=O) groups is 1. The van der Waals surface area contributed by atoms with Gasteiger partial charge in [0.15, 0.2) is 11.3 Å². The van der Waals surface area contributed by atoms with Gasteiger partial charge in [-0.3, -0.25) is 4.79 Å². The third kappa shape index (κ3) is 6.30. The minimum atomic E-state index is -0.528. The molecule has 4 rings (SSSR count). The van der Waals surface area contributed by atoms with E-state index in [2.05, 4.69) is 15.9 Å². The van der Waals surface area contributed by atoms with Gasteiger partial charge in [-0.2, -0.15) is 0 Å². The van der Waals surface area contributed by atoms with E-state index in [1.54, 1.807) is 6.26 Å². The van der Waals surface area contributed by atoms with Gasteiger partial charge in [-0.15, -0.1) is 0 Å². The van der Waals surface area contributed by atoms with Crippen LogP contribution in [0.1, 0.15) is 44.7 Å². The van der Waals surface area contributed by atoms with Crippen LogP contribution in [-0.4, -0.2) is 30.9 Å². The quantitative estimate of drug-likeness (QED) is 0.331. The Balaban J connectivity index is 1.47. The van der Waals surface area contributed by atoms with Crippen LogP contribution < -0.4 is 9.47 Å². The van der Waals surface area contributed by atoms with E-state index in [1.807, 2.05) is 57.2 Å². The number of hydrogen-bond donors (Lipinski definition) is 0. The number of fused-ring (bicyclic) bond motifs is 1. The van der Waals surface area contributed by atoms with Crippen LogP contribution in [-0.2, 0) is 27.3 Å². The molecule has 2 heterocycles. The second-order valence-electron chi connectivity index (χ2n) is 9.15. The Kier molecular flexibility index (Phi) is 7.29. The Morgan fingerprint density at radius 3 is 2.70 bits per heavy atom. The lowest BCUT2D eigenvalue weighted by Gasteiger charge is -2.20. The first-order chi connectivity index (χ1) is 15.8. The lowest BCUT2D eigenvalue weighted by molar-refractivity contribution is -0.153. The van der Waals surface area contributed by atoms with Crippen molar-refractivity contribution in [1.82, 2.24) is 0 Å². The van der Waals surface area contributed by atoms with Gasteiger partial charge >= 0.3 is 5.97 Å². The van der Waals surface area contributed by atoms with E-state index in [0.29, 0.717) is 30.3 Å². The van der Waals surface area contributed by atoms with Gasteiger partial charge in [-0.25, -0.2) is 0 Å². The minimum Gasteiger partial charge on any atom is -0.488 e. The fraction of sp³-hybridized carbons (Fsp3) is 0.423. The van der Waals surface area contributed by atoms with Gasteiger partial charge < -0.3 is 23.4 Å². The van der Waals surface area contributed by atoms with Crippen molar-refractivity contribution in [2.45, 2.75) is 58.3 Å². The summed E-state index contributed by atoms with van der Waals surface area (Å²) in [4.78, 5) is 12.3. The highest BCUT2D eigenvalue weighted by Crippen LogP contribution is 2.35. The first-order valence-electron chi connectivity index (χ1n) is 11.1. The van der Waals surface area contributed by atoms with E-state index >= 15 is 0 Å². The highest BCUT2D eigenvalue weighted by molar-refractivity contribution is 9.10. The summed E-state index contributed by atoms with van der Waals surface area (Å²) < 4.78 is 30.0. The third-order valence-corrected chi connectivity index (χ3v) is 5.70. The number of halogens is 1. The normalized spacial score (nSPS) is 16.2. The number of ether oxygens (including phenoxy) is 4. The molecule has 3 aromatic rings. The molecule has 1 aliphatic heterocycles. The van der Waals surface area contributed by atoms with Crippen LogP contribution in [0.4, 0.5) is 0 Å². The van der Waals surface area contributed by atoms with Crippen molar-refractivity contribution in [2.24, 2.45) is 0 Å². The van der Waals surface area contributed by atoms with Crippen molar-refractivity contribution < 1.29 is 28.2 Å². The van der Waals surface area contributed by atoms with Crippen LogP contribution in [0.15, 0.2) is 51.6 Å². The topological polar surface area (TPSA) is 67.1 Å². The van der Waals surface area contributed by atoms with Crippen molar-refractivity contribution in [3.8, 4) is 11.5 Å². The molecule has 1 aromatic heterocycles. The molecule has 6 nitrogen and oxygen atoms in total. The maximum absolute atomic E-state index is 12.3. The summed E-state index contributed by atoms with van der Waals surface area (Å²) >= 11 is 3.57. The number of furan rings is 1. The van der Waals surface area contributed by atoms with Crippen molar-refractivity contribution in [1.29, 1.82) is 0 Å². The van der Waals surface area contributed by atoms with Crippen LogP contribution in [0, 0.1) is 0 Å². The number of esters is 1. The van der Waals surface area contributed by atoms with E-state index in [0.717, 1.165) is 40.4 Å². The molecular formula is C26H29BrO6.